The highest BCUT2D eigenvalue weighted by Gasteiger charge is 2.47. The van der Waals surface area contributed by atoms with Crippen molar-refractivity contribution in [1.82, 2.24) is 15.1 Å². The summed E-state index contributed by atoms with van der Waals surface area (Å²) in [5, 5.41) is 13.3. The maximum absolute atomic E-state index is 13.5. The molecule has 2 aliphatic heterocycles. The minimum Gasteiger partial charge on any atom is -0.381 e. The number of nitrogens with zero attached hydrogens (tertiary/aromatic N) is 2. The number of hydrogen-bond acceptors (Lipinski definition) is 5. The first-order valence-electron chi connectivity index (χ1n) is 13.1. The van der Waals surface area contributed by atoms with Crippen LogP contribution in [0.5, 0.6) is 0 Å². The first-order chi connectivity index (χ1) is 17.4. The van der Waals surface area contributed by atoms with Crippen molar-refractivity contribution < 1.29 is 19.1 Å². The third-order valence-electron chi connectivity index (χ3n) is 7.91. The third-order valence-corrected chi connectivity index (χ3v) is 7.91. The summed E-state index contributed by atoms with van der Waals surface area (Å²) in [5.74, 6) is -0.471. The Labute approximate surface area is 211 Å². The van der Waals surface area contributed by atoms with Crippen LogP contribution in [0.1, 0.15) is 80.9 Å². The zero-order chi connectivity index (χ0) is 25.3. The molecule has 0 bridgehead atoms. The largest absolute Gasteiger partial charge is 0.381 e. The summed E-state index contributed by atoms with van der Waals surface area (Å²) >= 11 is 0. The summed E-state index contributed by atoms with van der Waals surface area (Å²) in [6.45, 7) is 5.05. The van der Waals surface area contributed by atoms with Crippen molar-refractivity contribution >= 4 is 29.1 Å². The highest BCUT2D eigenvalue weighted by molar-refractivity contribution is 6.07. The predicted octanol–water partition coefficient (Wildman–Crippen LogP) is 3.78. The van der Waals surface area contributed by atoms with Gasteiger partial charge in [0.25, 0.3) is 5.91 Å². The van der Waals surface area contributed by atoms with E-state index in [2.05, 4.69) is 21.0 Å². The van der Waals surface area contributed by atoms with Gasteiger partial charge >= 0.3 is 0 Å². The molecule has 9 nitrogen and oxygen atoms in total. The lowest BCUT2D eigenvalue weighted by Gasteiger charge is -2.31. The number of nitrogens with one attached hydrogen (secondary N) is 3. The van der Waals surface area contributed by atoms with E-state index in [-0.39, 0.29) is 29.7 Å². The van der Waals surface area contributed by atoms with Crippen molar-refractivity contribution in [1.29, 1.82) is 0 Å². The average Bonchev–Trinajstić information content (AvgIpc) is 3.47. The van der Waals surface area contributed by atoms with Crippen LogP contribution < -0.4 is 16.0 Å². The summed E-state index contributed by atoms with van der Waals surface area (Å²) in [4.78, 5) is 39.6. The number of ether oxygens (including phenoxy) is 1. The van der Waals surface area contributed by atoms with Gasteiger partial charge in [-0.25, -0.2) is 0 Å². The van der Waals surface area contributed by atoms with Crippen LogP contribution in [-0.2, 0) is 19.7 Å². The lowest BCUT2D eigenvalue weighted by atomic mass is 9.75. The number of carbonyl (C=O) groups is 3. The van der Waals surface area contributed by atoms with Crippen molar-refractivity contribution in [2.45, 2.75) is 76.3 Å². The number of benzene rings is 1. The van der Waals surface area contributed by atoms with E-state index in [1.165, 1.54) is 0 Å². The van der Waals surface area contributed by atoms with Crippen LogP contribution in [0, 0.1) is 5.92 Å². The summed E-state index contributed by atoms with van der Waals surface area (Å²) in [6, 6.07) is 6.66. The number of rotatable bonds is 6. The molecular formula is C27H35N5O4. The summed E-state index contributed by atoms with van der Waals surface area (Å²) < 4.78 is 7.15. The maximum atomic E-state index is 13.5. The van der Waals surface area contributed by atoms with Gasteiger partial charge in [-0.15, -0.1) is 0 Å². The maximum Gasteiger partial charge on any atom is 0.270 e. The molecule has 1 unspecified atom stereocenters. The van der Waals surface area contributed by atoms with E-state index in [1.807, 2.05) is 32.0 Å². The van der Waals surface area contributed by atoms with Crippen LogP contribution in [0.4, 0.5) is 11.4 Å². The van der Waals surface area contributed by atoms with E-state index < -0.39 is 11.5 Å². The summed E-state index contributed by atoms with van der Waals surface area (Å²) in [6.07, 6.45) is 7.94. The van der Waals surface area contributed by atoms with Crippen molar-refractivity contribution in [3.8, 4) is 0 Å². The van der Waals surface area contributed by atoms with Gasteiger partial charge in [0.15, 0.2) is 0 Å². The zero-order valence-corrected chi connectivity index (χ0v) is 21.0. The molecule has 3 N–H and O–H groups in total. The van der Waals surface area contributed by atoms with Gasteiger partial charge in [-0.05, 0) is 69.2 Å². The SMILES string of the molecule is CC(C)n1nccc1C(=O)NC(C(=O)Nc1ccc2c(c1)NC(=O)C21CCOCC1)C1CCCCC1. The number of hydrogen-bond donors (Lipinski definition) is 3. The Kier molecular flexibility index (Phi) is 6.83. The molecule has 1 spiro atoms. The molecule has 3 heterocycles. The Morgan fingerprint density at radius 3 is 2.61 bits per heavy atom. The second kappa shape index (κ2) is 10.0. The van der Waals surface area contributed by atoms with Gasteiger partial charge in [0.2, 0.25) is 11.8 Å². The molecule has 1 saturated heterocycles. The lowest BCUT2D eigenvalue weighted by molar-refractivity contribution is -0.124. The van der Waals surface area contributed by atoms with Gasteiger partial charge in [-0.2, -0.15) is 5.10 Å². The van der Waals surface area contributed by atoms with Crippen LogP contribution in [0.15, 0.2) is 30.5 Å². The zero-order valence-electron chi connectivity index (χ0n) is 21.0. The molecule has 1 aliphatic carbocycles. The molecule has 1 aromatic heterocycles. The van der Waals surface area contributed by atoms with E-state index in [4.69, 9.17) is 4.74 Å². The monoisotopic (exact) mass is 493 g/mol. The van der Waals surface area contributed by atoms with Gasteiger partial charge in [0.05, 0.1) is 5.41 Å². The number of carbonyl (C=O) groups excluding carboxylic acids is 3. The Balaban J connectivity index is 1.35. The van der Waals surface area contributed by atoms with E-state index in [9.17, 15) is 14.4 Å². The van der Waals surface area contributed by atoms with Crippen LogP contribution in [-0.4, -0.2) is 46.8 Å². The lowest BCUT2D eigenvalue weighted by Crippen LogP contribution is -2.49. The average molecular weight is 494 g/mol. The van der Waals surface area contributed by atoms with Crippen LogP contribution in [0.25, 0.3) is 0 Å². The molecule has 2 fully saturated rings. The fourth-order valence-electron chi connectivity index (χ4n) is 5.93. The Bertz CT molecular complexity index is 1140. The summed E-state index contributed by atoms with van der Waals surface area (Å²) in [7, 11) is 0. The molecule has 3 amide bonds. The van der Waals surface area contributed by atoms with Crippen molar-refractivity contribution in [3.63, 3.8) is 0 Å². The Hall–Kier alpha value is -3.20. The topological polar surface area (TPSA) is 114 Å². The van der Waals surface area contributed by atoms with Crippen LogP contribution in [0.3, 0.4) is 0 Å². The minimum absolute atomic E-state index is 0.00149. The Morgan fingerprint density at radius 1 is 1.14 bits per heavy atom. The first kappa shape index (κ1) is 24.5. The molecule has 5 rings (SSSR count). The van der Waals surface area contributed by atoms with E-state index in [0.29, 0.717) is 37.4 Å². The van der Waals surface area contributed by atoms with Gasteiger partial charge < -0.3 is 20.7 Å². The quantitative estimate of drug-likeness (QED) is 0.567. The van der Waals surface area contributed by atoms with Crippen LogP contribution >= 0.6 is 0 Å². The Morgan fingerprint density at radius 2 is 1.89 bits per heavy atom. The van der Waals surface area contributed by atoms with Gasteiger partial charge in [0.1, 0.15) is 11.7 Å². The molecule has 0 radical (unpaired) electrons. The number of amides is 3. The number of fused-ring (bicyclic) bond motifs is 2. The van der Waals surface area contributed by atoms with Gasteiger partial charge in [-0.1, -0.05) is 25.3 Å². The molecule has 2 aromatic rings. The van der Waals surface area contributed by atoms with Crippen LogP contribution in [0.2, 0.25) is 0 Å². The van der Waals surface area contributed by atoms with E-state index in [1.54, 1.807) is 16.9 Å². The second-order valence-corrected chi connectivity index (χ2v) is 10.5. The molecule has 3 aliphatic rings. The highest BCUT2D eigenvalue weighted by Crippen LogP contribution is 2.45. The smallest absolute Gasteiger partial charge is 0.270 e. The van der Waals surface area contributed by atoms with E-state index >= 15 is 0 Å². The predicted molar refractivity (Wildman–Crippen MR) is 136 cm³/mol. The molecule has 36 heavy (non-hydrogen) atoms. The van der Waals surface area contributed by atoms with Crippen molar-refractivity contribution in [2.75, 3.05) is 23.8 Å². The highest BCUT2D eigenvalue weighted by atomic mass is 16.5. The van der Waals surface area contributed by atoms with E-state index in [0.717, 1.165) is 43.4 Å². The molecular weight excluding hydrogens is 458 g/mol. The van der Waals surface area contributed by atoms with Crippen molar-refractivity contribution in [3.05, 3.63) is 41.7 Å². The second-order valence-electron chi connectivity index (χ2n) is 10.5. The molecule has 192 valence electrons. The third kappa shape index (κ3) is 4.52. The molecule has 1 atom stereocenters. The molecule has 9 heteroatoms. The number of anilines is 2. The molecule has 1 aromatic carbocycles. The number of aromatic nitrogens is 2. The molecule has 1 saturated carbocycles. The van der Waals surface area contributed by atoms with Crippen molar-refractivity contribution in [2.24, 2.45) is 5.92 Å². The van der Waals surface area contributed by atoms with Gasteiger partial charge in [0, 0.05) is 36.8 Å². The first-order valence-corrected chi connectivity index (χ1v) is 13.1. The standard InChI is InChI=1S/C27H35N5O4/c1-17(2)32-22(10-13-28-32)24(33)31-23(18-6-4-3-5-7-18)25(34)29-19-8-9-20-21(16-19)30-26(35)27(20)11-14-36-15-12-27/h8-10,13,16-18,23H,3-7,11-12,14-15H2,1-2H3,(H,29,34)(H,30,35)(H,31,33). The minimum atomic E-state index is -0.655. The fourth-order valence-corrected chi connectivity index (χ4v) is 5.93. The normalized spacial score (nSPS) is 20.1. The fraction of sp³-hybridized carbons (Fsp3) is 0.556. The summed E-state index contributed by atoms with van der Waals surface area (Å²) in [5.41, 5.74) is 2.20. The van der Waals surface area contributed by atoms with Gasteiger partial charge in [-0.3, -0.25) is 19.1 Å².